The average Bonchev–Trinajstić information content (AvgIpc) is 2.16. The first-order valence-electron chi connectivity index (χ1n) is 4.67. The van der Waals surface area contributed by atoms with Crippen molar-refractivity contribution in [2.75, 3.05) is 5.75 Å². The monoisotopic (exact) mass is 316 g/mol. The first-order chi connectivity index (χ1) is 7.63. The zero-order chi connectivity index (χ0) is 13.3. The lowest BCUT2D eigenvalue weighted by Crippen LogP contribution is -2.32. The average molecular weight is 318 g/mol. The number of aliphatic hydroxyl groups excluding tert-OH is 1. The Morgan fingerprint density at radius 2 is 1.71 bits per heavy atom. The van der Waals surface area contributed by atoms with E-state index in [9.17, 15) is 13.5 Å². The number of aryl methyl sites for hydroxylation is 1. The third-order valence-electron chi connectivity index (χ3n) is 2.14. The molecule has 1 rings (SSSR count). The van der Waals surface area contributed by atoms with E-state index >= 15 is 0 Å². The molecular formula is C10H11Cl3O3S. The Morgan fingerprint density at radius 1 is 1.24 bits per heavy atom. The molecule has 0 aliphatic carbocycles. The lowest BCUT2D eigenvalue weighted by Gasteiger charge is -2.18. The Balaban J connectivity index is 2.94. The van der Waals surface area contributed by atoms with Crippen LogP contribution in [0, 0.1) is 6.92 Å². The van der Waals surface area contributed by atoms with E-state index in [2.05, 4.69) is 0 Å². The smallest absolute Gasteiger partial charge is 0.217 e. The predicted octanol–water partition coefficient (Wildman–Crippen LogP) is 2.50. The Bertz CT molecular complexity index is 477. The van der Waals surface area contributed by atoms with Crippen LogP contribution >= 0.6 is 34.8 Å². The van der Waals surface area contributed by atoms with Crippen LogP contribution in [0.25, 0.3) is 0 Å². The molecule has 0 saturated heterocycles. The van der Waals surface area contributed by atoms with Gasteiger partial charge in [-0.15, -0.1) is 0 Å². The van der Waals surface area contributed by atoms with Crippen LogP contribution in [0.15, 0.2) is 29.2 Å². The van der Waals surface area contributed by atoms with Crippen LogP contribution in [0.3, 0.4) is 0 Å². The third-order valence-corrected chi connectivity index (χ3v) is 4.64. The molecule has 17 heavy (non-hydrogen) atoms. The summed E-state index contributed by atoms with van der Waals surface area (Å²) in [7, 11) is -3.66. The van der Waals surface area contributed by atoms with Gasteiger partial charge in [0.15, 0.2) is 9.84 Å². The number of alkyl halides is 3. The van der Waals surface area contributed by atoms with Crippen molar-refractivity contribution in [3.8, 4) is 0 Å². The van der Waals surface area contributed by atoms with Gasteiger partial charge in [-0.05, 0) is 19.1 Å². The van der Waals surface area contributed by atoms with Gasteiger partial charge in [0, 0.05) is 0 Å². The van der Waals surface area contributed by atoms with Gasteiger partial charge in [-0.2, -0.15) is 0 Å². The molecule has 1 atom stereocenters. The zero-order valence-electron chi connectivity index (χ0n) is 8.90. The van der Waals surface area contributed by atoms with Gasteiger partial charge in [0.1, 0.15) is 6.10 Å². The highest BCUT2D eigenvalue weighted by molar-refractivity contribution is 7.91. The molecule has 0 fully saturated rings. The van der Waals surface area contributed by atoms with Crippen molar-refractivity contribution < 1.29 is 13.5 Å². The molecule has 0 aliphatic heterocycles. The fourth-order valence-corrected chi connectivity index (χ4v) is 3.06. The molecule has 0 saturated carbocycles. The number of aliphatic hydroxyl groups is 1. The summed E-state index contributed by atoms with van der Waals surface area (Å²) in [6.45, 7) is 1.84. The van der Waals surface area contributed by atoms with Crippen molar-refractivity contribution in [2.45, 2.75) is 21.7 Å². The summed E-state index contributed by atoms with van der Waals surface area (Å²) in [5.41, 5.74) is 0.936. The van der Waals surface area contributed by atoms with Crippen LogP contribution in [0.1, 0.15) is 5.56 Å². The minimum Gasteiger partial charge on any atom is -0.388 e. The molecule has 0 aromatic heterocycles. The molecule has 0 bridgehead atoms. The largest absolute Gasteiger partial charge is 0.388 e. The summed E-state index contributed by atoms with van der Waals surface area (Å²) < 4.78 is 21.7. The number of halogens is 3. The highest BCUT2D eigenvalue weighted by Gasteiger charge is 2.35. The van der Waals surface area contributed by atoms with Crippen LogP contribution in [0.5, 0.6) is 0 Å². The molecule has 1 aromatic rings. The maximum atomic E-state index is 11.9. The molecule has 0 amide bonds. The molecule has 0 aliphatic rings. The first-order valence-corrected chi connectivity index (χ1v) is 7.46. The molecule has 0 radical (unpaired) electrons. The fraction of sp³-hybridized carbons (Fsp3) is 0.400. The molecule has 7 heteroatoms. The fourth-order valence-electron chi connectivity index (χ4n) is 1.14. The maximum absolute atomic E-state index is 11.9. The van der Waals surface area contributed by atoms with Crippen molar-refractivity contribution in [3.63, 3.8) is 0 Å². The highest BCUT2D eigenvalue weighted by atomic mass is 35.6. The van der Waals surface area contributed by atoms with Gasteiger partial charge in [-0.1, -0.05) is 52.5 Å². The Hall–Kier alpha value is -0.000000000000000167. The third kappa shape index (κ3) is 4.30. The first kappa shape index (κ1) is 15.1. The standard InChI is InChI=1S/C10H11Cl3O3S/c1-7-2-4-8(5-3-7)17(15,16)6-9(14)10(11,12)13/h2-5,9,14H,6H2,1H3. The zero-order valence-corrected chi connectivity index (χ0v) is 12.0. The Kier molecular flexibility index (Phi) is 4.72. The van der Waals surface area contributed by atoms with Crippen LogP contribution in [-0.4, -0.2) is 29.2 Å². The van der Waals surface area contributed by atoms with Crippen LogP contribution in [0.2, 0.25) is 0 Å². The van der Waals surface area contributed by atoms with Crippen LogP contribution < -0.4 is 0 Å². The molecule has 0 heterocycles. The van der Waals surface area contributed by atoms with Crippen molar-refractivity contribution in [1.82, 2.24) is 0 Å². The lowest BCUT2D eigenvalue weighted by atomic mass is 10.2. The summed E-state index contributed by atoms with van der Waals surface area (Å²) in [5, 5.41) is 9.46. The van der Waals surface area contributed by atoms with Gasteiger partial charge in [0.05, 0.1) is 10.6 Å². The number of rotatable bonds is 3. The second-order valence-electron chi connectivity index (χ2n) is 3.65. The summed E-state index contributed by atoms with van der Waals surface area (Å²) in [4.78, 5) is 0.0939. The molecule has 1 unspecified atom stereocenters. The maximum Gasteiger partial charge on any atom is 0.217 e. The second-order valence-corrected chi connectivity index (χ2v) is 8.06. The van der Waals surface area contributed by atoms with Gasteiger partial charge < -0.3 is 5.11 Å². The van der Waals surface area contributed by atoms with Crippen molar-refractivity contribution in [1.29, 1.82) is 0 Å². The summed E-state index contributed by atoms with van der Waals surface area (Å²) >= 11 is 16.3. The van der Waals surface area contributed by atoms with Crippen LogP contribution in [0.4, 0.5) is 0 Å². The molecule has 96 valence electrons. The van der Waals surface area contributed by atoms with E-state index in [1.807, 2.05) is 6.92 Å². The summed E-state index contributed by atoms with van der Waals surface area (Å²) in [6, 6.07) is 6.23. The van der Waals surface area contributed by atoms with Crippen molar-refractivity contribution in [2.24, 2.45) is 0 Å². The van der Waals surface area contributed by atoms with E-state index in [0.29, 0.717) is 0 Å². The SMILES string of the molecule is Cc1ccc(S(=O)(=O)CC(O)C(Cl)(Cl)Cl)cc1. The van der Waals surface area contributed by atoms with E-state index in [4.69, 9.17) is 34.8 Å². The van der Waals surface area contributed by atoms with E-state index in [0.717, 1.165) is 5.56 Å². The molecular weight excluding hydrogens is 307 g/mol. The number of hydrogen-bond donors (Lipinski definition) is 1. The van der Waals surface area contributed by atoms with Gasteiger partial charge in [0.2, 0.25) is 3.79 Å². The minimum atomic E-state index is -3.66. The molecule has 1 aromatic carbocycles. The Morgan fingerprint density at radius 3 is 2.12 bits per heavy atom. The Labute approximate surface area is 115 Å². The number of sulfone groups is 1. The summed E-state index contributed by atoms with van der Waals surface area (Å²) in [5.74, 6) is -0.632. The topological polar surface area (TPSA) is 54.4 Å². The van der Waals surface area contributed by atoms with E-state index in [-0.39, 0.29) is 4.90 Å². The molecule has 3 nitrogen and oxygen atoms in total. The van der Waals surface area contributed by atoms with E-state index in [1.165, 1.54) is 12.1 Å². The van der Waals surface area contributed by atoms with Crippen molar-refractivity contribution >= 4 is 44.6 Å². The van der Waals surface area contributed by atoms with E-state index in [1.54, 1.807) is 12.1 Å². The van der Waals surface area contributed by atoms with Gasteiger partial charge in [-0.25, -0.2) is 8.42 Å². The lowest BCUT2D eigenvalue weighted by molar-refractivity contribution is 0.201. The number of hydrogen-bond acceptors (Lipinski definition) is 3. The quantitative estimate of drug-likeness (QED) is 0.872. The predicted molar refractivity (Wildman–Crippen MR) is 69.5 cm³/mol. The molecule has 1 N–H and O–H groups in total. The second kappa shape index (κ2) is 5.33. The van der Waals surface area contributed by atoms with E-state index < -0.39 is 25.5 Å². The van der Waals surface area contributed by atoms with Crippen molar-refractivity contribution in [3.05, 3.63) is 29.8 Å². The summed E-state index contributed by atoms with van der Waals surface area (Å²) in [6.07, 6.45) is -1.57. The van der Waals surface area contributed by atoms with Crippen LogP contribution in [-0.2, 0) is 9.84 Å². The highest BCUT2D eigenvalue weighted by Crippen LogP contribution is 2.31. The minimum absolute atomic E-state index is 0.0939. The number of benzene rings is 1. The van der Waals surface area contributed by atoms with Gasteiger partial charge in [-0.3, -0.25) is 0 Å². The molecule has 0 spiro atoms. The van der Waals surface area contributed by atoms with Gasteiger partial charge in [0.25, 0.3) is 0 Å². The van der Waals surface area contributed by atoms with Gasteiger partial charge >= 0.3 is 0 Å². The normalized spacial score (nSPS) is 14.6.